The first-order chi connectivity index (χ1) is 9.37. The highest BCUT2D eigenvalue weighted by atomic mass is 16.1. The number of piperazine rings is 1. The van der Waals surface area contributed by atoms with Crippen LogP contribution < -0.4 is 0 Å². The lowest BCUT2D eigenvalue weighted by molar-refractivity contribution is -0.113. The summed E-state index contributed by atoms with van der Waals surface area (Å²) in [5.74, 6) is 0. The van der Waals surface area contributed by atoms with Crippen molar-refractivity contribution < 1.29 is 4.79 Å². The Morgan fingerprint density at radius 1 is 1.25 bits per heavy atom. The highest BCUT2D eigenvalue weighted by molar-refractivity contribution is 5.68. The van der Waals surface area contributed by atoms with Gasteiger partial charge in [-0.3, -0.25) is 9.80 Å². The number of rotatable bonds is 4. The van der Waals surface area contributed by atoms with Gasteiger partial charge in [-0.25, -0.2) is 0 Å². The zero-order chi connectivity index (χ0) is 14.8. The Hall–Kier alpha value is -1.19. The number of carbonyl (C=O) groups is 1. The number of hydrogen-bond donors (Lipinski definition) is 0. The van der Waals surface area contributed by atoms with Crippen molar-refractivity contribution in [1.82, 2.24) is 9.80 Å². The highest BCUT2D eigenvalue weighted by Gasteiger charge is 2.35. The standard InChI is InChI=1S/C17H26N2O/c1-16(2)12-19(11-10-18(16)4)13-17(3,14-20)15-8-6-5-7-9-15/h5-9,14H,10-13H2,1-4H3. The van der Waals surface area contributed by atoms with Crippen LogP contribution in [0, 0.1) is 0 Å². The van der Waals surface area contributed by atoms with Gasteiger partial charge in [-0.15, -0.1) is 0 Å². The molecule has 110 valence electrons. The van der Waals surface area contributed by atoms with Gasteiger partial charge in [0.05, 0.1) is 5.41 Å². The Labute approximate surface area is 122 Å². The molecule has 0 amide bonds. The van der Waals surface area contributed by atoms with Crippen LogP contribution >= 0.6 is 0 Å². The van der Waals surface area contributed by atoms with Crippen molar-refractivity contribution in [2.75, 3.05) is 33.2 Å². The van der Waals surface area contributed by atoms with E-state index in [1.54, 1.807) is 0 Å². The van der Waals surface area contributed by atoms with E-state index in [2.05, 4.69) is 42.8 Å². The fourth-order valence-corrected chi connectivity index (χ4v) is 2.96. The number of hydrogen-bond acceptors (Lipinski definition) is 3. The maximum atomic E-state index is 11.7. The molecule has 1 fully saturated rings. The van der Waals surface area contributed by atoms with Gasteiger partial charge in [0.15, 0.2) is 0 Å². The number of nitrogens with zero attached hydrogens (tertiary/aromatic N) is 2. The molecule has 1 aliphatic heterocycles. The predicted octanol–water partition coefficient (Wildman–Crippen LogP) is 2.17. The third-order valence-electron chi connectivity index (χ3n) is 4.64. The van der Waals surface area contributed by atoms with Crippen LogP contribution in [-0.2, 0) is 10.2 Å². The van der Waals surface area contributed by atoms with Crippen molar-refractivity contribution in [2.45, 2.75) is 31.7 Å². The van der Waals surface area contributed by atoms with E-state index in [1.165, 1.54) is 0 Å². The Bertz CT molecular complexity index is 457. The summed E-state index contributed by atoms with van der Waals surface area (Å²) in [6.45, 7) is 10.4. The second kappa shape index (κ2) is 5.66. The highest BCUT2D eigenvalue weighted by Crippen LogP contribution is 2.26. The summed E-state index contributed by atoms with van der Waals surface area (Å²) in [4.78, 5) is 16.5. The van der Waals surface area contributed by atoms with Crippen molar-refractivity contribution in [2.24, 2.45) is 0 Å². The summed E-state index contributed by atoms with van der Waals surface area (Å²) in [6.07, 6.45) is 1.10. The van der Waals surface area contributed by atoms with E-state index in [9.17, 15) is 4.79 Å². The topological polar surface area (TPSA) is 23.6 Å². The fourth-order valence-electron chi connectivity index (χ4n) is 2.96. The summed E-state index contributed by atoms with van der Waals surface area (Å²) in [7, 11) is 2.17. The second-order valence-corrected chi connectivity index (χ2v) is 6.85. The molecular formula is C17H26N2O. The molecule has 1 saturated heterocycles. The number of carbonyl (C=O) groups excluding carboxylic acids is 1. The van der Waals surface area contributed by atoms with Crippen LogP contribution in [0.2, 0.25) is 0 Å². The van der Waals surface area contributed by atoms with Gasteiger partial charge in [-0.2, -0.15) is 0 Å². The molecule has 0 N–H and O–H groups in total. The van der Waals surface area contributed by atoms with E-state index < -0.39 is 5.41 Å². The first-order valence-electron chi connectivity index (χ1n) is 7.33. The average Bonchev–Trinajstić information content (AvgIpc) is 2.43. The molecule has 1 atom stereocenters. The molecule has 1 heterocycles. The molecule has 0 bridgehead atoms. The third kappa shape index (κ3) is 3.10. The normalized spacial score (nSPS) is 23.2. The van der Waals surface area contributed by atoms with Crippen molar-refractivity contribution in [3.8, 4) is 0 Å². The minimum atomic E-state index is -0.423. The largest absolute Gasteiger partial charge is 0.302 e. The zero-order valence-corrected chi connectivity index (χ0v) is 13.1. The van der Waals surface area contributed by atoms with Crippen LogP contribution in [0.3, 0.4) is 0 Å². The van der Waals surface area contributed by atoms with Crippen LogP contribution in [0.25, 0.3) is 0 Å². The van der Waals surface area contributed by atoms with Gasteiger partial charge < -0.3 is 4.79 Å². The molecule has 3 heteroatoms. The van der Waals surface area contributed by atoms with Crippen LogP contribution in [0.4, 0.5) is 0 Å². The van der Waals surface area contributed by atoms with Gasteiger partial charge in [0.2, 0.25) is 0 Å². The van der Waals surface area contributed by atoms with Gasteiger partial charge in [0.1, 0.15) is 6.29 Å². The molecule has 0 radical (unpaired) electrons. The number of benzene rings is 1. The van der Waals surface area contributed by atoms with Crippen molar-refractivity contribution >= 4 is 6.29 Å². The van der Waals surface area contributed by atoms with E-state index >= 15 is 0 Å². The van der Waals surface area contributed by atoms with Crippen LogP contribution in [0.5, 0.6) is 0 Å². The molecule has 1 unspecified atom stereocenters. The molecule has 20 heavy (non-hydrogen) atoms. The summed E-state index contributed by atoms with van der Waals surface area (Å²) in [6, 6.07) is 10.1. The quantitative estimate of drug-likeness (QED) is 0.786. The Kier molecular flexibility index (Phi) is 4.31. The molecule has 1 aromatic rings. The van der Waals surface area contributed by atoms with Gasteiger partial charge in [-0.05, 0) is 33.4 Å². The van der Waals surface area contributed by atoms with E-state index in [4.69, 9.17) is 0 Å². The first kappa shape index (κ1) is 15.2. The molecule has 0 aliphatic carbocycles. The van der Waals surface area contributed by atoms with Crippen LogP contribution in [0.15, 0.2) is 30.3 Å². The minimum Gasteiger partial charge on any atom is -0.302 e. The molecule has 1 aromatic carbocycles. The van der Waals surface area contributed by atoms with E-state index in [0.29, 0.717) is 0 Å². The number of aldehydes is 1. The average molecular weight is 274 g/mol. The zero-order valence-electron chi connectivity index (χ0n) is 13.1. The lowest BCUT2D eigenvalue weighted by Crippen LogP contribution is -2.59. The van der Waals surface area contributed by atoms with E-state index in [1.807, 2.05) is 25.1 Å². The maximum absolute atomic E-state index is 11.7. The molecule has 0 aromatic heterocycles. The lowest BCUT2D eigenvalue weighted by atomic mass is 9.82. The monoisotopic (exact) mass is 274 g/mol. The smallest absolute Gasteiger partial charge is 0.131 e. The van der Waals surface area contributed by atoms with Gasteiger partial charge in [-0.1, -0.05) is 30.3 Å². The molecule has 0 saturated carbocycles. The molecular weight excluding hydrogens is 248 g/mol. The Balaban J connectivity index is 2.13. The predicted molar refractivity (Wildman–Crippen MR) is 83.0 cm³/mol. The Morgan fingerprint density at radius 3 is 2.45 bits per heavy atom. The maximum Gasteiger partial charge on any atom is 0.131 e. The second-order valence-electron chi connectivity index (χ2n) is 6.85. The van der Waals surface area contributed by atoms with Crippen molar-refractivity contribution in [1.29, 1.82) is 0 Å². The minimum absolute atomic E-state index is 0.165. The first-order valence-corrected chi connectivity index (χ1v) is 7.33. The number of likely N-dealkylation sites (N-methyl/N-ethyl adjacent to an activating group) is 1. The Morgan fingerprint density at radius 2 is 1.90 bits per heavy atom. The van der Waals surface area contributed by atoms with Gasteiger partial charge >= 0.3 is 0 Å². The van der Waals surface area contributed by atoms with E-state index in [0.717, 1.165) is 38.0 Å². The molecule has 2 rings (SSSR count). The molecule has 0 spiro atoms. The summed E-state index contributed by atoms with van der Waals surface area (Å²) >= 11 is 0. The van der Waals surface area contributed by atoms with Crippen molar-refractivity contribution in [3.63, 3.8) is 0 Å². The van der Waals surface area contributed by atoms with Gasteiger partial charge in [0, 0.05) is 31.7 Å². The van der Waals surface area contributed by atoms with Crippen LogP contribution in [-0.4, -0.2) is 54.9 Å². The molecule has 3 nitrogen and oxygen atoms in total. The third-order valence-corrected chi connectivity index (χ3v) is 4.64. The summed E-state index contributed by atoms with van der Waals surface area (Å²) in [5, 5.41) is 0. The lowest BCUT2D eigenvalue weighted by Gasteiger charge is -2.47. The molecule has 1 aliphatic rings. The SMILES string of the molecule is CN1CCN(CC(C)(C=O)c2ccccc2)CC1(C)C. The van der Waals surface area contributed by atoms with Crippen molar-refractivity contribution in [3.05, 3.63) is 35.9 Å². The summed E-state index contributed by atoms with van der Waals surface area (Å²) in [5.41, 5.74) is 0.846. The van der Waals surface area contributed by atoms with Crippen LogP contribution in [0.1, 0.15) is 26.3 Å². The van der Waals surface area contributed by atoms with E-state index in [-0.39, 0.29) is 5.54 Å². The summed E-state index contributed by atoms with van der Waals surface area (Å²) < 4.78 is 0. The van der Waals surface area contributed by atoms with Gasteiger partial charge in [0.25, 0.3) is 0 Å². The fraction of sp³-hybridized carbons (Fsp3) is 0.588.